The van der Waals surface area contributed by atoms with Crippen LogP contribution in [0, 0.1) is 6.92 Å². The van der Waals surface area contributed by atoms with Gasteiger partial charge in [-0.1, -0.05) is 12.1 Å². The van der Waals surface area contributed by atoms with Gasteiger partial charge in [-0.15, -0.1) is 0 Å². The van der Waals surface area contributed by atoms with E-state index in [1.54, 1.807) is 6.92 Å². The molecule has 1 aromatic carbocycles. The SMILES string of the molecule is [CH2]c1ccc(N2CCN(C(C)=O)CC2)cc1. The van der Waals surface area contributed by atoms with E-state index in [0.717, 1.165) is 31.7 Å². The van der Waals surface area contributed by atoms with Crippen LogP contribution in [0.5, 0.6) is 0 Å². The average Bonchev–Trinajstić information content (AvgIpc) is 2.30. The summed E-state index contributed by atoms with van der Waals surface area (Å²) in [6.07, 6.45) is 0. The van der Waals surface area contributed by atoms with Gasteiger partial charge in [0.2, 0.25) is 5.91 Å². The first-order valence-corrected chi connectivity index (χ1v) is 5.59. The summed E-state index contributed by atoms with van der Waals surface area (Å²) in [4.78, 5) is 15.4. The molecule has 16 heavy (non-hydrogen) atoms. The predicted octanol–water partition coefficient (Wildman–Crippen LogP) is 1.54. The van der Waals surface area contributed by atoms with Crippen LogP contribution in [0.2, 0.25) is 0 Å². The number of carbonyl (C=O) groups excluding carboxylic acids is 1. The summed E-state index contributed by atoms with van der Waals surface area (Å²) in [5, 5.41) is 0. The molecule has 0 aliphatic carbocycles. The zero-order valence-electron chi connectivity index (χ0n) is 9.65. The van der Waals surface area contributed by atoms with Crippen LogP contribution in [0.1, 0.15) is 12.5 Å². The largest absolute Gasteiger partial charge is 0.368 e. The van der Waals surface area contributed by atoms with E-state index in [2.05, 4.69) is 24.0 Å². The lowest BCUT2D eigenvalue weighted by Gasteiger charge is -2.35. The van der Waals surface area contributed by atoms with E-state index in [9.17, 15) is 4.79 Å². The number of hydrogen-bond donors (Lipinski definition) is 0. The molecule has 1 amide bonds. The molecule has 0 spiro atoms. The van der Waals surface area contributed by atoms with Crippen molar-refractivity contribution in [1.29, 1.82) is 0 Å². The van der Waals surface area contributed by atoms with Crippen molar-refractivity contribution in [3.8, 4) is 0 Å². The van der Waals surface area contributed by atoms with Crippen molar-refractivity contribution in [2.45, 2.75) is 6.92 Å². The van der Waals surface area contributed by atoms with Crippen LogP contribution in [0.15, 0.2) is 24.3 Å². The van der Waals surface area contributed by atoms with Crippen molar-refractivity contribution in [2.24, 2.45) is 0 Å². The molecule has 1 aliphatic rings. The van der Waals surface area contributed by atoms with E-state index in [1.807, 2.05) is 17.0 Å². The van der Waals surface area contributed by atoms with E-state index < -0.39 is 0 Å². The Morgan fingerprint density at radius 2 is 1.69 bits per heavy atom. The van der Waals surface area contributed by atoms with Gasteiger partial charge in [0.05, 0.1) is 0 Å². The molecule has 0 atom stereocenters. The van der Waals surface area contributed by atoms with Crippen molar-refractivity contribution < 1.29 is 4.79 Å². The van der Waals surface area contributed by atoms with E-state index in [0.29, 0.717) is 0 Å². The van der Waals surface area contributed by atoms with Crippen LogP contribution in [0.3, 0.4) is 0 Å². The van der Waals surface area contributed by atoms with Crippen LogP contribution in [-0.2, 0) is 4.79 Å². The fraction of sp³-hybridized carbons (Fsp3) is 0.385. The first-order valence-electron chi connectivity index (χ1n) is 5.59. The van der Waals surface area contributed by atoms with Gasteiger partial charge in [-0.2, -0.15) is 0 Å². The lowest BCUT2D eigenvalue weighted by atomic mass is 10.2. The Morgan fingerprint density at radius 1 is 1.12 bits per heavy atom. The number of hydrogen-bond acceptors (Lipinski definition) is 2. The zero-order valence-corrected chi connectivity index (χ0v) is 9.65. The molecule has 2 rings (SSSR count). The number of rotatable bonds is 1. The second-order valence-corrected chi connectivity index (χ2v) is 4.16. The Balaban J connectivity index is 1.99. The molecule has 1 radical (unpaired) electrons. The van der Waals surface area contributed by atoms with Crippen molar-refractivity contribution in [2.75, 3.05) is 31.1 Å². The molecule has 1 aromatic rings. The monoisotopic (exact) mass is 217 g/mol. The molecule has 3 nitrogen and oxygen atoms in total. The second kappa shape index (κ2) is 4.56. The number of anilines is 1. The van der Waals surface area contributed by atoms with Crippen LogP contribution >= 0.6 is 0 Å². The predicted molar refractivity (Wildman–Crippen MR) is 65.4 cm³/mol. The molecule has 0 unspecified atom stereocenters. The minimum atomic E-state index is 0.174. The molecule has 1 aliphatic heterocycles. The molecule has 85 valence electrons. The Morgan fingerprint density at radius 3 is 2.19 bits per heavy atom. The van der Waals surface area contributed by atoms with Gasteiger partial charge in [0.15, 0.2) is 0 Å². The van der Waals surface area contributed by atoms with Gasteiger partial charge < -0.3 is 9.80 Å². The fourth-order valence-electron chi connectivity index (χ4n) is 1.99. The first kappa shape index (κ1) is 11.0. The highest BCUT2D eigenvalue weighted by Crippen LogP contribution is 2.16. The average molecular weight is 217 g/mol. The molecule has 1 fully saturated rings. The Labute approximate surface area is 96.7 Å². The standard InChI is InChI=1S/C13H17N2O/c1-11-3-5-13(6-4-11)15-9-7-14(8-10-15)12(2)16/h3-6H,1,7-10H2,2H3. The highest BCUT2D eigenvalue weighted by atomic mass is 16.2. The number of nitrogens with zero attached hydrogens (tertiary/aromatic N) is 2. The topological polar surface area (TPSA) is 23.6 Å². The maximum Gasteiger partial charge on any atom is 0.219 e. The van der Waals surface area contributed by atoms with Crippen molar-refractivity contribution >= 4 is 11.6 Å². The minimum Gasteiger partial charge on any atom is -0.368 e. The summed E-state index contributed by atoms with van der Waals surface area (Å²) in [6.45, 7) is 8.97. The summed E-state index contributed by atoms with van der Waals surface area (Å²) in [5.74, 6) is 0.174. The Hall–Kier alpha value is -1.51. The Bertz CT molecular complexity index is 364. The summed E-state index contributed by atoms with van der Waals surface area (Å²) < 4.78 is 0. The van der Waals surface area contributed by atoms with Crippen molar-refractivity contribution in [3.05, 3.63) is 36.8 Å². The first-order chi connectivity index (χ1) is 7.66. The molecule has 0 N–H and O–H groups in total. The molecule has 0 bridgehead atoms. The summed E-state index contributed by atoms with van der Waals surface area (Å²) in [7, 11) is 0. The molecule has 3 heteroatoms. The fourth-order valence-corrected chi connectivity index (χ4v) is 1.99. The molecular formula is C13H17N2O. The van der Waals surface area contributed by atoms with Crippen molar-refractivity contribution in [3.63, 3.8) is 0 Å². The lowest BCUT2D eigenvalue weighted by molar-refractivity contribution is -0.129. The van der Waals surface area contributed by atoms with E-state index in [4.69, 9.17) is 0 Å². The normalized spacial score (nSPS) is 16.4. The second-order valence-electron chi connectivity index (χ2n) is 4.16. The van der Waals surface area contributed by atoms with Crippen LogP contribution in [0.4, 0.5) is 5.69 Å². The number of amides is 1. The van der Waals surface area contributed by atoms with Crippen molar-refractivity contribution in [1.82, 2.24) is 4.90 Å². The molecule has 0 saturated carbocycles. The van der Waals surface area contributed by atoms with Gasteiger partial charge in [-0.25, -0.2) is 0 Å². The van der Waals surface area contributed by atoms with E-state index in [1.165, 1.54) is 5.69 Å². The third-order valence-corrected chi connectivity index (χ3v) is 3.03. The summed E-state index contributed by atoms with van der Waals surface area (Å²) in [5.41, 5.74) is 2.25. The molecule has 1 heterocycles. The highest BCUT2D eigenvalue weighted by Gasteiger charge is 2.18. The maximum atomic E-state index is 11.2. The van der Waals surface area contributed by atoms with Gasteiger partial charge in [0.1, 0.15) is 0 Å². The van der Waals surface area contributed by atoms with Crippen LogP contribution < -0.4 is 4.90 Å². The number of carbonyl (C=O) groups is 1. The van der Waals surface area contributed by atoms with E-state index >= 15 is 0 Å². The van der Waals surface area contributed by atoms with Crippen LogP contribution in [-0.4, -0.2) is 37.0 Å². The zero-order chi connectivity index (χ0) is 11.5. The number of piperazine rings is 1. The highest BCUT2D eigenvalue weighted by molar-refractivity contribution is 5.73. The van der Waals surface area contributed by atoms with Gasteiger partial charge in [0.25, 0.3) is 0 Å². The quantitative estimate of drug-likeness (QED) is 0.712. The van der Waals surface area contributed by atoms with Gasteiger partial charge in [0, 0.05) is 38.8 Å². The molecule has 1 saturated heterocycles. The minimum absolute atomic E-state index is 0.174. The molecule has 0 aromatic heterocycles. The third-order valence-electron chi connectivity index (χ3n) is 3.03. The lowest BCUT2D eigenvalue weighted by Crippen LogP contribution is -2.48. The molecular weight excluding hydrogens is 200 g/mol. The Kier molecular flexibility index (Phi) is 3.13. The smallest absolute Gasteiger partial charge is 0.219 e. The van der Waals surface area contributed by atoms with Gasteiger partial charge in [-0.05, 0) is 24.6 Å². The summed E-state index contributed by atoms with van der Waals surface area (Å²) in [6, 6.07) is 8.22. The van der Waals surface area contributed by atoms with Gasteiger partial charge in [-0.3, -0.25) is 4.79 Å². The number of benzene rings is 1. The van der Waals surface area contributed by atoms with Crippen LogP contribution in [0.25, 0.3) is 0 Å². The maximum absolute atomic E-state index is 11.2. The van der Waals surface area contributed by atoms with Gasteiger partial charge >= 0.3 is 0 Å². The third kappa shape index (κ3) is 2.35. The summed E-state index contributed by atoms with van der Waals surface area (Å²) >= 11 is 0. The van der Waals surface area contributed by atoms with E-state index in [-0.39, 0.29) is 5.91 Å².